The Morgan fingerprint density at radius 1 is 0.889 bits per heavy atom. The zero-order valence-corrected chi connectivity index (χ0v) is 21.8. The van der Waals surface area contributed by atoms with E-state index in [1.54, 1.807) is 37.3 Å². The Hall–Kier alpha value is -3.69. The second kappa shape index (κ2) is 11.8. The van der Waals surface area contributed by atoms with E-state index in [9.17, 15) is 18.0 Å². The maximum Gasteiger partial charge on any atom is 0.304 e. The van der Waals surface area contributed by atoms with Crippen molar-refractivity contribution >= 4 is 33.4 Å². The molecule has 0 spiro atoms. The average molecular weight is 509 g/mol. The SMILES string of the molecule is Cc1ccc(C)c(N(CC(=O)Nc2ccccc2C(=O)NCCc2ccccc2)S(=O)(=O)N(C)C)c1. The van der Waals surface area contributed by atoms with Gasteiger partial charge in [-0.05, 0) is 55.2 Å². The number of carbonyl (C=O) groups is 2. The maximum absolute atomic E-state index is 13.1. The fourth-order valence-corrected chi connectivity index (χ4v) is 4.77. The lowest BCUT2D eigenvalue weighted by Crippen LogP contribution is -2.44. The van der Waals surface area contributed by atoms with Crippen molar-refractivity contribution in [2.75, 3.05) is 36.8 Å². The van der Waals surface area contributed by atoms with Crippen molar-refractivity contribution < 1.29 is 18.0 Å². The van der Waals surface area contributed by atoms with E-state index >= 15 is 0 Å². The number of rotatable bonds is 10. The highest BCUT2D eigenvalue weighted by atomic mass is 32.2. The molecule has 0 aliphatic heterocycles. The molecule has 8 nitrogen and oxygen atoms in total. The summed E-state index contributed by atoms with van der Waals surface area (Å²) in [5.41, 5.74) is 3.72. The summed E-state index contributed by atoms with van der Waals surface area (Å²) in [5, 5.41) is 5.60. The van der Waals surface area contributed by atoms with Gasteiger partial charge in [-0.1, -0.05) is 54.6 Å². The van der Waals surface area contributed by atoms with E-state index < -0.39 is 22.7 Å². The molecule has 9 heteroatoms. The second-order valence-electron chi connectivity index (χ2n) is 8.67. The quantitative estimate of drug-likeness (QED) is 0.438. The molecule has 3 rings (SSSR count). The third-order valence-electron chi connectivity index (χ3n) is 5.65. The van der Waals surface area contributed by atoms with Crippen molar-refractivity contribution in [3.8, 4) is 0 Å². The molecule has 0 saturated carbocycles. The topological polar surface area (TPSA) is 98.8 Å². The summed E-state index contributed by atoms with van der Waals surface area (Å²) in [5.74, 6) is -0.889. The molecule has 0 fully saturated rings. The number of hydrogen-bond acceptors (Lipinski definition) is 4. The lowest BCUT2D eigenvalue weighted by atomic mass is 10.1. The number of hydrogen-bond donors (Lipinski definition) is 2. The van der Waals surface area contributed by atoms with E-state index in [1.165, 1.54) is 14.1 Å². The predicted molar refractivity (Wildman–Crippen MR) is 143 cm³/mol. The summed E-state index contributed by atoms with van der Waals surface area (Å²) in [7, 11) is -1.12. The van der Waals surface area contributed by atoms with E-state index in [4.69, 9.17) is 0 Å². The molecule has 2 amide bonds. The van der Waals surface area contributed by atoms with Gasteiger partial charge in [0.05, 0.1) is 16.9 Å². The first-order chi connectivity index (χ1) is 17.1. The molecular weight excluding hydrogens is 476 g/mol. The monoisotopic (exact) mass is 508 g/mol. The van der Waals surface area contributed by atoms with Crippen LogP contribution in [-0.4, -0.2) is 51.7 Å². The lowest BCUT2D eigenvalue weighted by Gasteiger charge is -2.28. The minimum atomic E-state index is -3.96. The third kappa shape index (κ3) is 6.71. The number of anilines is 2. The minimum Gasteiger partial charge on any atom is -0.352 e. The highest BCUT2D eigenvalue weighted by Crippen LogP contribution is 2.25. The van der Waals surface area contributed by atoms with E-state index in [1.807, 2.05) is 49.4 Å². The molecule has 0 unspecified atom stereocenters. The number of amides is 2. The number of aryl methyl sites for hydroxylation is 2. The van der Waals surface area contributed by atoms with Crippen molar-refractivity contribution in [2.24, 2.45) is 0 Å². The van der Waals surface area contributed by atoms with Gasteiger partial charge in [-0.3, -0.25) is 9.59 Å². The standard InChI is InChI=1S/C27H32N4O4S/c1-20-14-15-21(2)25(18-20)31(36(34,35)30(3)4)19-26(32)29-24-13-9-8-12-23(24)27(33)28-17-16-22-10-6-5-7-11-22/h5-15,18H,16-17,19H2,1-4H3,(H,28,33)(H,29,32). The summed E-state index contributed by atoms with van der Waals surface area (Å²) in [6.45, 7) is 3.64. The van der Waals surface area contributed by atoms with Gasteiger partial charge < -0.3 is 10.6 Å². The van der Waals surface area contributed by atoms with Crippen molar-refractivity contribution in [1.82, 2.24) is 9.62 Å². The normalized spacial score (nSPS) is 11.2. The molecule has 0 aromatic heterocycles. The molecule has 0 bridgehead atoms. The lowest BCUT2D eigenvalue weighted by molar-refractivity contribution is -0.114. The zero-order chi connectivity index (χ0) is 26.3. The van der Waals surface area contributed by atoms with E-state index in [-0.39, 0.29) is 5.91 Å². The Morgan fingerprint density at radius 2 is 1.56 bits per heavy atom. The van der Waals surface area contributed by atoms with Crippen molar-refractivity contribution in [3.63, 3.8) is 0 Å². The third-order valence-corrected chi connectivity index (χ3v) is 7.45. The molecule has 3 aromatic rings. The number of benzene rings is 3. The van der Waals surface area contributed by atoms with Gasteiger partial charge in [0.25, 0.3) is 5.91 Å². The number of nitrogens with zero attached hydrogens (tertiary/aromatic N) is 2. The fraction of sp³-hybridized carbons (Fsp3) is 0.259. The van der Waals surface area contributed by atoms with Gasteiger partial charge in [0.1, 0.15) is 6.54 Å². The largest absolute Gasteiger partial charge is 0.352 e. The molecule has 0 heterocycles. The fourth-order valence-electron chi connectivity index (χ4n) is 3.65. The Balaban J connectivity index is 1.77. The van der Waals surface area contributed by atoms with Gasteiger partial charge in [0, 0.05) is 20.6 Å². The average Bonchev–Trinajstić information content (AvgIpc) is 2.85. The first-order valence-corrected chi connectivity index (χ1v) is 13.0. The van der Waals surface area contributed by atoms with Gasteiger partial charge in [-0.15, -0.1) is 0 Å². The first-order valence-electron chi connectivity index (χ1n) is 11.6. The first kappa shape index (κ1) is 26.9. The van der Waals surface area contributed by atoms with Crippen molar-refractivity contribution in [2.45, 2.75) is 20.3 Å². The Labute approximate surface area is 213 Å². The van der Waals surface area contributed by atoms with E-state index in [0.29, 0.717) is 29.9 Å². The summed E-state index contributed by atoms with van der Waals surface area (Å²) in [4.78, 5) is 25.9. The highest BCUT2D eigenvalue weighted by Gasteiger charge is 2.29. The highest BCUT2D eigenvalue weighted by molar-refractivity contribution is 7.90. The molecule has 0 aliphatic rings. The van der Waals surface area contributed by atoms with Gasteiger partial charge in [-0.25, -0.2) is 4.31 Å². The van der Waals surface area contributed by atoms with Gasteiger partial charge in [-0.2, -0.15) is 12.7 Å². The van der Waals surface area contributed by atoms with Crippen LogP contribution in [0.15, 0.2) is 72.8 Å². The van der Waals surface area contributed by atoms with Crippen LogP contribution in [0.2, 0.25) is 0 Å². The van der Waals surface area contributed by atoms with Crippen LogP contribution < -0.4 is 14.9 Å². The van der Waals surface area contributed by atoms with Gasteiger partial charge in [0.15, 0.2) is 0 Å². The van der Waals surface area contributed by atoms with Gasteiger partial charge in [0.2, 0.25) is 5.91 Å². The van der Waals surface area contributed by atoms with E-state index in [0.717, 1.165) is 25.3 Å². The maximum atomic E-state index is 13.1. The van der Waals surface area contributed by atoms with Crippen LogP contribution in [0, 0.1) is 13.8 Å². The number of nitrogens with one attached hydrogen (secondary N) is 2. The molecule has 190 valence electrons. The Morgan fingerprint density at radius 3 is 2.25 bits per heavy atom. The van der Waals surface area contributed by atoms with Gasteiger partial charge >= 0.3 is 10.2 Å². The molecule has 0 saturated heterocycles. The predicted octanol–water partition coefficient (Wildman–Crippen LogP) is 3.53. The molecule has 0 radical (unpaired) electrons. The van der Waals surface area contributed by atoms with Crippen LogP contribution in [0.1, 0.15) is 27.0 Å². The molecule has 2 N–H and O–H groups in total. The molecule has 0 aliphatic carbocycles. The summed E-state index contributed by atoms with van der Waals surface area (Å²) in [6.07, 6.45) is 0.675. The van der Waals surface area contributed by atoms with Crippen LogP contribution in [0.3, 0.4) is 0 Å². The smallest absolute Gasteiger partial charge is 0.304 e. The molecule has 36 heavy (non-hydrogen) atoms. The van der Waals surface area contributed by atoms with Crippen LogP contribution in [0.5, 0.6) is 0 Å². The second-order valence-corrected chi connectivity index (χ2v) is 10.7. The minimum absolute atomic E-state index is 0.299. The van der Waals surface area contributed by atoms with Crippen molar-refractivity contribution in [1.29, 1.82) is 0 Å². The number of carbonyl (C=O) groups excluding carboxylic acids is 2. The van der Waals surface area contributed by atoms with Crippen LogP contribution in [-0.2, 0) is 21.4 Å². The van der Waals surface area contributed by atoms with Crippen LogP contribution in [0.4, 0.5) is 11.4 Å². The summed E-state index contributed by atoms with van der Waals surface area (Å²) in [6, 6.07) is 21.9. The van der Waals surface area contributed by atoms with Crippen LogP contribution in [0.25, 0.3) is 0 Å². The van der Waals surface area contributed by atoms with E-state index in [2.05, 4.69) is 10.6 Å². The Bertz CT molecular complexity index is 1320. The molecule has 3 aromatic carbocycles. The van der Waals surface area contributed by atoms with Crippen LogP contribution >= 0.6 is 0 Å². The zero-order valence-electron chi connectivity index (χ0n) is 21.0. The van der Waals surface area contributed by atoms with Crippen molar-refractivity contribution in [3.05, 3.63) is 95.1 Å². The number of para-hydroxylation sites is 1. The molecular formula is C27H32N4O4S. The summed E-state index contributed by atoms with van der Waals surface area (Å²) < 4.78 is 28.3. The Kier molecular flexibility index (Phi) is 8.84. The summed E-state index contributed by atoms with van der Waals surface area (Å²) >= 11 is 0. The molecule has 0 atom stereocenters.